The zero-order valence-corrected chi connectivity index (χ0v) is 9.66. The number of aliphatic carboxylic acids is 1. The van der Waals surface area contributed by atoms with Crippen molar-refractivity contribution in [2.75, 3.05) is 6.61 Å². The van der Waals surface area contributed by atoms with E-state index in [4.69, 9.17) is 33.4 Å². The molecule has 0 aromatic carbocycles. The number of aliphatic hydroxyl groups excluding tert-OH is 1. The Labute approximate surface area is 102 Å². The first-order valence-electron chi connectivity index (χ1n) is 4.42. The third-order valence-electron chi connectivity index (χ3n) is 1.86. The molecule has 5 nitrogen and oxygen atoms in total. The Morgan fingerprint density at radius 3 is 2.44 bits per heavy atom. The van der Waals surface area contributed by atoms with Crippen LogP contribution in [-0.4, -0.2) is 33.8 Å². The molecule has 0 bridgehead atoms. The summed E-state index contributed by atoms with van der Waals surface area (Å²) in [6, 6.07) is 2.12. The van der Waals surface area contributed by atoms with Gasteiger partial charge >= 0.3 is 5.97 Å². The van der Waals surface area contributed by atoms with Crippen molar-refractivity contribution in [3.63, 3.8) is 0 Å². The van der Waals surface area contributed by atoms with Crippen LogP contribution in [0.3, 0.4) is 0 Å². The first-order valence-corrected chi connectivity index (χ1v) is 5.17. The van der Waals surface area contributed by atoms with E-state index in [-0.39, 0.29) is 16.9 Å². The number of rotatable bonds is 5. The van der Waals surface area contributed by atoms with Crippen molar-refractivity contribution in [1.29, 1.82) is 0 Å². The molecule has 1 atom stereocenters. The van der Waals surface area contributed by atoms with Crippen molar-refractivity contribution in [3.8, 4) is 0 Å². The minimum Gasteiger partial charge on any atom is -0.480 e. The summed E-state index contributed by atoms with van der Waals surface area (Å²) in [5.41, 5.74) is 0.699. The molecule has 0 spiro atoms. The van der Waals surface area contributed by atoms with Gasteiger partial charge < -0.3 is 10.2 Å². The number of aromatic nitrogens is 1. The summed E-state index contributed by atoms with van der Waals surface area (Å²) >= 11 is 11.3. The molecule has 1 rings (SSSR count). The lowest BCUT2D eigenvalue weighted by molar-refractivity contribution is -0.140. The van der Waals surface area contributed by atoms with Crippen molar-refractivity contribution < 1.29 is 15.0 Å². The van der Waals surface area contributed by atoms with Crippen LogP contribution in [0.25, 0.3) is 0 Å². The van der Waals surface area contributed by atoms with Gasteiger partial charge in [-0.3, -0.25) is 10.1 Å². The van der Waals surface area contributed by atoms with Crippen molar-refractivity contribution in [1.82, 2.24) is 10.3 Å². The summed E-state index contributed by atoms with van der Waals surface area (Å²) in [4.78, 5) is 14.4. The predicted molar refractivity (Wildman–Crippen MR) is 59.6 cm³/mol. The summed E-state index contributed by atoms with van der Waals surface area (Å²) in [6.45, 7) is -0.249. The van der Waals surface area contributed by atoms with Crippen LogP contribution in [0.4, 0.5) is 0 Å². The van der Waals surface area contributed by atoms with E-state index in [0.29, 0.717) is 5.56 Å². The normalized spacial score (nSPS) is 12.4. The van der Waals surface area contributed by atoms with Crippen LogP contribution in [0.1, 0.15) is 5.56 Å². The number of carbonyl (C=O) groups is 1. The zero-order chi connectivity index (χ0) is 12.1. The van der Waals surface area contributed by atoms with E-state index in [2.05, 4.69) is 10.3 Å². The van der Waals surface area contributed by atoms with Gasteiger partial charge in [-0.15, -0.1) is 0 Å². The summed E-state index contributed by atoms with van der Waals surface area (Å²) in [7, 11) is 0. The maximum absolute atomic E-state index is 10.6. The molecule has 16 heavy (non-hydrogen) atoms. The molecule has 0 aliphatic heterocycles. The zero-order valence-electron chi connectivity index (χ0n) is 8.15. The number of hydrogen-bond donors (Lipinski definition) is 3. The highest BCUT2D eigenvalue weighted by Crippen LogP contribution is 2.14. The molecule has 0 fully saturated rings. The number of aliphatic hydroxyl groups is 1. The van der Waals surface area contributed by atoms with Crippen LogP contribution in [0.2, 0.25) is 10.3 Å². The number of halogens is 2. The van der Waals surface area contributed by atoms with Crippen molar-refractivity contribution in [2.45, 2.75) is 12.6 Å². The highest BCUT2D eigenvalue weighted by atomic mass is 35.5. The summed E-state index contributed by atoms with van der Waals surface area (Å²) in [5, 5.41) is 20.6. The second-order valence-electron chi connectivity index (χ2n) is 3.08. The lowest BCUT2D eigenvalue weighted by atomic mass is 10.2. The lowest BCUT2D eigenvalue weighted by Crippen LogP contribution is -2.39. The van der Waals surface area contributed by atoms with Gasteiger partial charge in [-0.25, -0.2) is 4.98 Å². The number of nitrogens with one attached hydrogen (secondary N) is 1. The van der Waals surface area contributed by atoms with Gasteiger partial charge in [0.1, 0.15) is 16.3 Å². The Morgan fingerprint density at radius 1 is 1.44 bits per heavy atom. The van der Waals surface area contributed by atoms with Gasteiger partial charge in [0.05, 0.1) is 6.61 Å². The van der Waals surface area contributed by atoms with Crippen LogP contribution >= 0.6 is 23.2 Å². The molecule has 0 saturated carbocycles. The minimum absolute atomic E-state index is 0.236. The average molecular weight is 265 g/mol. The first-order chi connectivity index (χ1) is 7.52. The molecule has 1 aromatic heterocycles. The fourth-order valence-electron chi connectivity index (χ4n) is 1.09. The van der Waals surface area contributed by atoms with Crippen LogP contribution in [0, 0.1) is 0 Å². The van der Waals surface area contributed by atoms with E-state index in [1.165, 1.54) is 0 Å². The summed E-state index contributed by atoms with van der Waals surface area (Å²) in [5.74, 6) is -1.12. The molecule has 1 heterocycles. The fraction of sp³-hybridized carbons (Fsp3) is 0.333. The Morgan fingerprint density at radius 2 is 2.00 bits per heavy atom. The maximum Gasteiger partial charge on any atom is 0.323 e. The second kappa shape index (κ2) is 6.00. The van der Waals surface area contributed by atoms with Crippen LogP contribution < -0.4 is 5.32 Å². The molecule has 0 aliphatic rings. The Balaban J connectivity index is 2.63. The Kier molecular flexibility index (Phi) is 4.95. The minimum atomic E-state index is -1.12. The number of nitrogens with zero attached hydrogens (tertiary/aromatic N) is 1. The van der Waals surface area contributed by atoms with E-state index < -0.39 is 18.6 Å². The average Bonchev–Trinajstić information content (AvgIpc) is 2.16. The van der Waals surface area contributed by atoms with Crippen LogP contribution in [0.5, 0.6) is 0 Å². The van der Waals surface area contributed by atoms with E-state index in [1.54, 1.807) is 12.1 Å². The molecule has 88 valence electrons. The standard InChI is InChI=1S/C9H10Cl2N2O3/c10-7-1-5(2-8(11)13-7)3-12-6(4-14)9(15)16/h1-2,6,12,14H,3-4H2,(H,15,16)/t6-/m0/s1. The predicted octanol–water partition coefficient (Wildman–Crippen LogP) is 0.923. The highest BCUT2D eigenvalue weighted by molar-refractivity contribution is 6.32. The third-order valence-corrected chi connectivity index (χ3v) is 2.24. The van der Waals surface area contributed by atoms with E-state index in [1.807, 2.05) is 0 Å². The Hall–Kier alpha value is -0.880. The van der Waals surface area contributed by atoms with E-state index in [0.717, 1.165) is 0 Å². The summed E-state index contributed by atoms with van der Waals surface area (Å²) < 4.78 is 0. The van der Waals surface area contributed by atoms with Crippen molar-refractivity contribution in [3.05, 3.63) is 28.0 Å². The van der Waals surface area contributed by atoms with Crippen molar-refractivity contribution in [2.24, 2.45) is 0 Å². The molecule has 0 unspecified atom stereocenters. The lowest BCUT2D eigenvalue weighted by Gasteiger charge is -2.11. The highest BCUT2D eigenvalue weighted by Gasteiger charge is 2.15. The molecule has 0 saturated heterocycles. The monoisotopic (exact) mass is 264 g/mol. The number of pyridine rings is 1. The fourth-order valence-corrected chi connectivity index (χ4v) is 1.59. The smallest absolute Gasteiger partial charge is 0.323 e. The molecule has 0 radical (unpaired) electrons. The van der Waals surface area contributed by atoms with Crippen molar-refractivity contribution >= 4 is 29.2 Å². The third kappa shape index (κ3) is 3.94. The van der Waals surface area contributed by atoms with Gasteiger partial charge in [-0.05, 0) is 17.7 Å². The second-order valence-corrected chi connectivity index (χ2v) is 3.85. The number of carboxylic acids is 1. The summed E-state index contributed by atoms with van der Waals surface area (Å²) in [6.07, 6.45) is 0. The molecule has 7 heteroatoms. The van der Waals surface area contributed by atoms with Gasteiger partial charge in [-0.1, -0.05) is 23.2 Å². The SMILES string of the molecule is O=C(O)[C@H](CO)NCc1cc(Cl)nc(Cl)c1. The quantitative estimate of drug-likeness (QED) is 0.690. The first kappa shape index (κ1) is 13.2. The van der Waals surface area contributed by atoms with Gasteiger partial charge in [0, 0.05) is 6.54 Å². The molecule has 3 N–H and O–H groups in total. The maximum atomic E-state index is 10.6. The van der Waals surface area contributed by atoms with E-state index >= 15 is 0 Å². The largest absolute Gasteiger partial charge is 0.480 e. The van der Waals surface area contributed by atoms with Gasteiger partial charge in [0.2, 0.25) is 0 Å². The van der Waals surface area contributed by atoms with Gasteiger partial charge in [0.15, 0.2) is 0 Å². The Bertz CT molecular complexity index is 367. The molecule has 0 aliphatic carbocycles. The molecular weight excluding hydrogens is 255 g/mol. The number of carboxylic acid groups (broad SMARTS) is 1. The molecule has 1 aromatic rings. The van der Waals surface area contributed by atoms with E-state index in [9.17, 15) is 4.79 Å². The van der Waals surface area contributed by atoms with Gasteiger partial charge in [0.25, 0.3) is 0 Å². The molecule has 0 amide bonds. The van der Waals surface area contributed by atoms with Gasteiger partial charge in [-0.2, -0.15) is 0 Å². The van der Waals surface area contributed by atoms with Crippen LogP contribution in [-0.2, 0) is 11.3 Å². The number of hydrogen-bond acceptors (Lipinski definition) is 4. The topological polar surface area (TPSA) is 82.5 Å². The molecular formula is C9H10Cl2N2O3. The van der Waals surface area contributed by atoms with Crippen LogP contribution in [0.15, 0.2) is 12.1 Å².